The molecular formula is C11H14N4. The summed E-state index contributed by atoms with van der Waals surface area (Å²) in [6.45, 7) is 3.08. The molecule has 0 spiro atoms. The molecule has 0 unspecified atom stereocenters. The predicted octanol–water partition coefficient (Wildman–Crippen LogP) is 1.94. The standard InChI is InChI=1S/C11H14N4/c1-2-6-15-8-13-7-10(15)9-4-3-5-14-11(9)12/h3-5,7-8H,2,6H2,1H3,(H2,12,14). The quantitative estimate of drug-likeness (QED) is 0.827. The van der Waals surface area contributed by atoms with E-state index in [0.717, 1.165) is 24.2 Å². The van der Waals surface area contributed by atoms with Gasteiger partial charge in [-0.15, -0.1) is 0 Å². The maximum absolute atomic E-state index is 5.82. The molecule has 0 atom stereocenters. The topological polar surface area (TPSA) is 56.7 Å². The fourth-order valence-electron chi connectivity index (χ4n) is 1.60. The highest BCUT2D eigenvalue weighted by molar-refractivity contribution is 5.70. The fourth-order valence-corrected chi connectivity index (χ4v) is 1.60. The molecule has 2 aromatic rings. The minimum absolute atomic E-state index is 0.551. The number of aromatic nitrogens is 3. The Kier molecular flexibility index (Phi) is 2.67. The fraction of sp³-hybridized carbons (Fsp3) is 0.273. The number of rotatable bonds is 3. The first kappa shape index (κ1) is 9.71. The van der Waals surface area contributed by atoms with E-state index < -0.39 is 0 Å². The van der Waals surface area contributed by atoms with Gasteiger partial charge >= 0.3 is 0 Å². The lowest BCUT2D eigenvalue weighted by molar-refractivity contribution is 0.684. The Hall–Kier alpha value is -1.84. The van der Waals surface area contributed by atoms with Gasteiger partial charge in [0.05, 0.1) is 18.2 Å². The normalized spacial score (nSPS) is 10.5. The lowest BCUT2D eigenvalue weighted by Gasteiger charge is -2.07. The van der Waals surface area contributed by atoms with Crippen molar-refractivity contribution in [1.82, 2.24) is 14.5 Å². The number of aryl methyl sites for hydroxylation is 1. The van der Waals surface area contributed by atoms with Crippen molar-refractivity contribution in [3.63, 3.8) is 0 Å². The number of hydrogen-bond acceptors (Lipinski definition) is 3. The molecule has 0 aliphatic rings. The highest BCUT2D eigenvalue weighted by atomic mass is 15.0. The average molecular weight is 202 g/mol. The molecule has 15 heavy (non-hydrogen) atoms. The van der Waals surface area contributed by atoms with Crippen molar-refractivity contribution < 1.29 is 0 Å². The maximum Gasteiger partial charge on any atom is 0.132 e. The molecule has 0 aliphatic heterocycles. The molecule has 4 heteroatoms. The number of hydrogen-bond donors (Lipinski definition) is 1. The lowest BCUT2D eigenvalue weighted by Crippen LogP contribution is -2.00. The van der Waals surface area contributed by atoms with Gasteiger partial charge in [-0.05, 0) is 18.6 Å². The zero-order valence-electron chi connectivity index (χ0n) is 8.72. The van der Waals surface area contributed by atoms with Crippen LogP contribution in [0.4, 0.5) is 5.82 Å². The van der Waals surface area contributed by atoms with Crippen molar-refractivity contribution >= 4 is 5.82 Å². The molecule has 0 aromatic carbocycles. The number of pyridine rings is 1. The van der Waals surface area contributed by atoms with Gasteiger partial charge < -0.3 is 10.3 Å². The molecule has 0 aliphatic carbocycles. The summed E-state index contributed by atoms with van der Waals surface area (Å²) in [7, 11) is 0. The van der Waals surface area contributed by atoms with Gasteiger partial charge in [-0.25, -0.2) is 9.97 Å². The summed E-state index contributed by atoms with van der Waals surface area (Å²) in [5.41, 5.74) is 7.80. The highest BCUT2D eigenvalue weighted by Gasteiger charge is 2.07. The van der Waals surface area contributed by atoms with Crippen molar-refractivity contribution in [2.75, 3.05) is 5.73 Å². The molecule has 2 heterocycles. The summed E-state index contributed by atoms with van der Waals surface area (Å²) in [4.78, 5) is 8.21. The monoisotopic (exact) mass is 202 g/mol. The van der Waals surface area contributed by atoms with Gasteiger partial charge in [0.25, 0.3) is 0 Å². The summed E-state index contributed by atoms with van der Waals surface area (Å²) >= 11 is 0. The van der Waals surface area contributed by atoms with Gasteiger partial charge in [-0.2, -0.15) is 0 Å². The van der Waals surface area contributed by atoms with E-state index >= 15 is 0 Å². The second kappa shape index (κ2) is 4.13. The van der Waals surface area contributed by atoms with Gasteiger partial charge in [0, 0.05) is 18.3 Å². The van der Waals surface area contributed by atoms with Crippen LogP contribution in [0.15, 0.2) is 30.9 Å². The largest absolute Gasteiger partial charge is 0.383 e. The van der Waals surface area contributed by atoms with E-state index in [1.807, 2.05) is 24.7 Å². The minimum atomic E-state index is 0.551. The first-order valence-corrected chi connectivity index (χ1v) is 5.04. The number of anilines is 1. The van der Waals surface area contributed by atoms with Crippen LogP contribution in [0.5, 0.6) is 0 Å². The van der Waals surface area contributed by atoms with Crippen LogP contribution in [0, 0.1) is 0 Å². The molecule has 0 saturated heterocycles. The van der Waals surface area contributed by atoms with Crippen LogP contribution in [0.1, 0.15) is 13.3 Å². The van der Waals surface area contributed by atoms with Gasteiger partial charge in [-0.3, -0.25) is 0 Å². The molecule has 2 N–H and O–H groups in total. The van der Waals surface area contributed by atoms with Gasteiger partial charge in [-0.1, -0.05) is 6.92 Å². The van der Waals surface area contributed by atoms with E-state index in [0.29, 0.717) is 5.82 Å². The average Bonchev–Trinajstić information content (AvgIpc) is 2.67. The van der Waals surface area contributed by atoms with Gasteiger partial charge in [0.1, 0.15) is 5.82 Å². The Morgan fingerprint density at radius 2 is 2.33 bits per heavy atom. The number of nitrogen functional groups attached to an aromatic ring is 1. The third kappa shape index (κ3) is 1.83. The maximum atomic E-state index is 5.82. The van der Waals surface area contributed by atoms with Gasteiger partial charge in [0.15, 0.2) is 0 Å². The number of nitrogens with two attached hydrogens (primary N) is 1. The Bertz CT molecular complexity index is 447. The van der Waals surface area contributed by atoms with Crippen molar-refractivity contribution in [3.8, 4) is 11.3 Å². The van der Waals surface area contributed by atoms with Crippen LogP contribution >= 0.6 is 0 Å². The highest BCUT2D eigenvalue weighted by Crippen LogP contribution is 2.23. The van der Waals surface area contributed by atoms with E-state index in [4.69, 9.17) is 5.73 Å². The number of imidazole rings is 1. The van der Waals surface area contributed by atoms with Crippen molar-refractivity contribution in [3.05, 3.63) is 30.9 Å². The van der Waals surface area contributed by atoms with Crippen LogP contribution in [-0.4, -0.2) is 14.5 Å². The second-order valence-corrected chi connectivity index (χ2v) is 3.41. The van der Waals surface area contributed by atoms with E-state index in [9.17, 15) is 0 Å². The van der Waals surface area contributed by atoms with Crippen molar-refractivity contribution in [2.45, 2.75) is 19.9 Å². The lowest BCUT2D eigenvalue weighted by atomic mass is 10.2. The summed E-state index contributed by atoms with van der Waals surface area (Å²) in [6, 6.07) is 3.85. The Morgan fingerprint density at radius 1 is 1.47 bits per heavy atom. The molecule has 0 radical (unpaired) electrons. The summed E-state index contributed by atoms with van der Waals surface area (Å²) in [6.07, 6.45) is 6.41. The summed E-state index contributed by atoms with van der Waals surface area (Å²) in [5.74, 6) is 0.551. The van der Waals surface area contributed by atoms with Crippen LogP contribution in [0.25, 0.3) is 11.3 Å². The summed E-state index contributed by atoms with van der Waals surface area (Å²) < 4.78 is 2.09. The van der Waals surface area contributed by atoms with Gasteiger partial charge in [0.2, 0.25) is 0 Å². The van der Waals surface area contributed by atoms with Crippen LogP contribution in [-0.2, 0) is 6.54 Å². The third-order valence-corrected chi connectivity index (χ3v) is 2.29. The second-order valence-electron chi connectivity index (χ2n) is 3.41. The molecule has 0 bridgehead atoms. The van der Waals surface area contributed by atoms with E-state index in [1.54, 1.807) is 6.20 Å². The Labute approximate surface area is 88.8 Å². The Balaban J connectivity index is 2.45. The molecule has 0 saturated carbocycles. The van der Waals surface area contributed by atoms with E-state index in [2.05, 4.69) is 21.5 Å². The Morgan fingerprint density at radius 3 is 3.07 bits per heavy atom. The molecule has 2 rings (SSSR count). The van der Waals surface area contributed by atoms with E-state index in [1.165, 1.54) is 0 Å². The van der Waals surface area contributed by atoms with Crippen molar-refractivity contribution in [1.29, 1.82) is 0 Å². The smallest absolute Gasteiger partial charge is 0.132 e. The molecule has 4 nitrogen and oxygen atoms in total. The molecular weight excluding hydrogens is 188 g/mol. The SMILES string of the molecule is CCCn1cncc1-c1cccnc1N. The molecule has 0 fully saturated rings. The van der Waals surface area contributed by atoms with Crippen LogP contribution < -0.4 is 5.73 Å². The minimum Gasteiger partial charge on any atom is -0.383 e. The van der Waals surface area contributed by atoms with E-state index in [-0.39, 0.29) is 0 Å². The summed E-state index contributed by atoms with van der Waals surface area (Å²) in [5, 5.41) is 0. The zero-order valence-corrected chi connectivity index (χ0v) is 8.72. The van der Waals surface area contributed by atoms with Crippen LogP contribution in [0.2, 0.25) is 0 Å². The molecule has 2 aromatic heterocycles. The first-order valence-electron chi connectivity index (χ1n) is 5.04. The first-order chi connectivity index (χ1) is 7.33. The zero-order chi connectivity index (χ0) is 10.7. The predicted molar refractivity (Wildman–Crippen MR) is 60.2 cm³/mol. The van der Waals surface area contributed by atoms with Crippen LogP contribution in [0.3, 0.4) is 0 Å². The third-order valence-electron chi connectivity index (χ3n) is 2.29. The molecule has 78 valence electrons. The van der Waals surface area contributed by atoms with Crippen molar-refractivity contribution in [2.24, 2.45) is 0 Å². The number of nitrogens with zero attached hydrogens (tertiary/aromatic N) is 3. The molecule has 0 amide bonds.